The van der Waals surface area contributed by atoms with Crippen molar-refractivity contribution in [1.29, 1.82) is 0 Å². The number of carbonyl (C=O) groups excluding carboxylic acids is 1. The number of rotatable bonds is 9. The van der Waals surface area contributed by atoms with Crippen molar-refractivity contribution in [2.45, 2.75) is 6.92 Å². The molecule has 0 spiro atoms. The highest BCUT2D eigenvalue weighted by Gasteiger charge is 2.10. The highest BCUT2D eigenvalue weighted by atomic mass is 32.2. The Morgan fingerprint density at radius 2 is 2.13 bits per heavy atom. The van der Waals surface area contributed by atoms with E-state index in [0.717, 1.165) is 18.8 Å². The third-order valence-electron chi connectivity index (χ3n) is 1.95. The maximum Gasteiger partial charge on any atom is 0.223 e. The summed E-state index contributed by atoms with van der Waals surface area (Å²) in [6, 6.07) is 0. The van der Waals surface area contributed by atoms with Gasteiger partial charge in [-0.25, -0.2) is 0 Å². The summed E-state index contributed by atoms with van der Waals surface area (Å²) in [7, 11) is 1.67. The fourth-order valence-electron chi connectivity index (χ4n) is 1.07. The van der Waals surface area contributed by atoms with Crippen LogP contribution in [0.25, 0.3) is 0 Å². The van der Waals surface area contributed by atoms with Crippen LogP contribution in [0.5, 0.6) is 0 Å². The van der Waals surface area contributed by atoms with Gasteiger partial charge in [0.15, 0.2) is 0 Å². The molecular formula is C10H22N2O2S. The lowest BCUT2D eigenvalue weighted by Gasteiger charge is -2.11. The van der Waals surface area contributed by atoms with Crippen LogP contribution in [0, 0.1) is 5.92 Å². The Hall–Kier alpha value is -0.260. The topological polar surface area (TPSA) is 50.4 Å². The molecule has 0 radical (unpaired) electrons. The van der Waals surface area contributed by atoms with Crippen molar-refractivity contribution < 1.29 is 9.53 Å². The predicted molar refractivity (Wildman–Crippen MR) is 65.3 cm³/mol. The van der Waals surface area contributed by atoms with Crippen molar-refractivity contribution >= 4 is 17.7 Å². The van der Waals surface area contributed by atoms with Crippen LogP contribution < -0.4 is 10.6 Å². The number of thioether (sulfide) groups is 1. The molecule has 0 aromatic carbocycles. The smallest absolute Gasteiger partial charge is 0.223 e. The number of carbonyl (C=O) groups is 1. The fourth-order valence-corrected chi connectivity index (χ4v) is 1.72. The van der Waals surface area contributed by atoms with Crippen LogP contribution in [0.2, 0.25) is 0 Å². The molecule has 0 aliphatic carbocycles. The van der Waals surface area contributed by atoms with Crippen molar-refractivity contribution in [2.75, 3.05) is 45.4 Å². The second-order valence-electron chi connectivity index (χ2n) is 3.39. The van der Waals surface area contributed by atoms with E-state index in [-0.39, 0.29) is 11.8 Å². The molecule has 0 heterocycles. The molecule has 0 saturated heterocycles. The quantitative estimate of drug-likeness (QED) is 0.565. The fraction of sp³-hybridized carbons (Fsp3) is 0.900. The Morgan fingerprint density at radius 1 is 1.40 bits per heavy atom. The maximum absolute atomic E-state index is 11.4. The molecule has 4 nitrogen and oxygen atoms in total. The van der Waals surface area contributed by atoms with Crippen LogP contribution in [0.3, 0.4) is 0 Å². The average Bonchev–Trinajstić information content (AvgIpc) is 2.23. The summed E-state index contributed by atoms with van der Waals surface area (Å²) in [5.74, 6) is 1.11. The number of methoxy groups -OCH3 is 1. The van der Waals surface area contributed by atoms with Gasteiger partial charge in [0, 0.05) is 38.4 Å². The van der Waals surface area contributed by atoms with Crippen LogP contribution in [0.1, 0.15) is 6.92 Å². The second kappa shape index (κ2) is 10.3. The van der Waals surface area contributed by atoms with Gasteiger partial charge in [-0.05, 0) is 6.26 Å². The van der Waals surface area contributed by atoms with Gasteiger partial charge in [-0.3, -0.25) is 4.79 Å². The number of nitrogens with one attached hydrogen (secondary N) is 2. The van der Waals surface area contributed by atoms with E-state index in [1.807, 2.05) is 13.2 Å². The Morgan fingerprint density at radius 3 is 2.73 bits per heavy atom. The molecule has 0 aliphatic rings. The molecule has 15 heavy (non-hydrogen) atoms. The number of hydrogen-bond acceptors (Lipinski definition) is 4. The molecule has 0 fully saturated rings. The van der Waals surface area contributed by atoms with Gasteiger partial charge in [-0.2, -0.15) is 11.8 Å². The summed E-state index contributed by atoms with van der Waals surface area (Å²) < 4.78 is 4.89. The lowest BCUT2D eigenvalue weighted by Crippen LogP contribution is -2.36. The van der Waals surface area contributed by atoms with Crippen molar-refractivity contribution in [2.24, 2.45) is 5.92 Å². The van der Waals surface area contributed by atoms with Gasteiger partial charge in [0.05, 0.1) is 6.61 Å². The van der Waals surface area contributed by atoms with Crippen LogP contribution in [-0.2, 0) is 9.53 Å². The minimum atomic E-state index is 0.0963. The summed E-state index contributed by atoms with van der Waals surface area (Å²) in [6.07, 6.45) is 2.01. The SMILES string of the molecule is COCCNCCNC(=O)C(C)CSC. The Bertz CT molecular complexity index is 168. The van der Waals surface area contributed by atoms with Gasteiger partial charge in [-0.15, -0.1) is 0 Å². The van der Waals surface area contributed by atoms with E-state index < -0.39 is 0 Å². The van der Waals surface area contributed by atoms with Gasteiger partial charge in [0.25, 0.3) is 0 Å². The lowest BCUT2D eigenvalue weighted by atomic mass is 10.2. The number of hydrogen-bond donors (Lipinski definition) is 2. The van der Waals surface area contributed by atoms with Gasteiger partial charge >= 0.3 is 0 Å². The summed E-state index contributed by atoms with van der Waals surface area (Å²) in [5, 5.41) is 6.06. The van der Waals surface area contributed by atoms with Crippen LogP contribution >= 0.6 is 11.8 Å². The van der Waals surface area contributed by atoms with Crippen LogP contribution in [0.15, 0.2) is 0 Å². The average molecular weight is 234 g/mol. The summed E-state index contributed by atoms with van der Waals surface area (Å²) >= 11 is 1.70. The molecule has 1 unspecified atom stereocenters. The van der Waals surface area contributed by atoms with Crippen molar-refractivity contribution in [1.82, 2.24) is 10.6 Å². The minimum Gasteiger partial charge on any atom is -0.383 e. The molecule has 1 atom stereocenters. The first-order valence-corrected chi connectivity index (χ1v) is 6.58. The van der Waals surface area contributed by atoms with Crippen LogP contribution in [-0.4, -0.2) is 51.3 Å². The summed E-state index contributed by atoms with van der Waals surface area (Å²) in [5.41, 5.74) is 0. The first-order chi connectivity index (χ1) is 7.22. The van der Waals surface area contributed by atoms with E-state index in [1.54, 1.807) is 18.9 Å². The minimum absolute atomic E-state index is 0.0963. The highest BCUT2D eigenvalue weighted by Crippen LogP contribution is 2.03. The number of ether oxygens (including phenoxy) is 1. The molecule has 2 N–H and O–H groups in total. The van der Waals surface area contributed by atoms with E-state index >= 15 is 0 Å². The van der Waals surface area contributed by atoms with E-state index in [9.17, 15) is 4.79 Å². The molecule has 5 heteroatoms. The summed E-state index contributed by atoms with van der Waals surface area (Å²) in [6.45, 7) is 4.95. The first kappa shape index (κ1) is 14.7. The second-order valence-corrected chi connectivity index (χ2v) is 4.30. The summed E-state index contributed by atoms with van der Waals surface area (Å²) in [4.78, 5) is 11.4. The van der Waals surface area contributed by atoms with Gasteiger partial charge in [0.2, 0.25) is 5.91 Å². The molecule has 0 aliphatic heterocycles. The van der Waals surface area contributed by atoms with Crippen molar-refractivity contribution in [3.63, 3.8) is 0 Å². The standard InChI is InChI=1S/C10H22N2O2S/c1-9(8-15-3)10(13)12-5-4-11-6-7-14-2/h9,11H,4-8H2,1-3H3,(H,12,13). The molecule has 1 amide bonds. The number of amides is 1. The molecule has 0 rings (SSSR count). The van der Waals surface area contributed by atoms with Gasteiger partial charge < -0.3 is 15.4 Å². The molecule has 0 aromatic rings. The zero-order valence-electron chi connectivity index (χ0n) is 9.84. The van der Waals surface area contributed by atoms with Crippen molar-refractivity contribution in [3.05, 3.63) is 0 Å². The van der Waals surface area contributed by atoms with Crippen LogP contribution in [0.4, 0.5) is 0 Å². The third-order valence-corrected chi connectivity index (χ3v) is 2.78. The molecule has 0 bridgehead atoms. The van der Waals surface area contributed by atoms with E-state index in [1.165, 1.54) is 0 Å². The Labute approximate surface area is 96.5 Å². The van der Waals surface area contributed by atoms with E-state index in [2.05, 4.69) is 10.6 Å². The molecule has 90 valence electrons. The normalized spacial score (nSPS) is 12.5. The Kier molecular flexibility index (Phi) is 10.1. The molecule has 0 saturated carbocycles. The van der Waals surface area contributed by atoms with Gasteiger partial charge in [0.1, 0.15) is 0 Å². The predicted octanol–water partition coefficient (Wildman–Crippen LogP) is 0.338. The largest absolute Gasteiger partial charge is 0.383 e. The zero-order chi connectivity index (χ0) is 11.5. The van der Waals surface area contributed by atoms with Crippen molar-refractivity contribution in [3.8, 4) is 0 Å². The monoisotopic (exact) mass is 234 g/mol. The zero-order valence-corrected chi connectivity index (χ0v) is 10.7. The van der Waals surface area contributed by atoms with E-state index in [4.69, 9.17) is 4.74 Å². The lowest BCUT2D eigenvalue weighted by molar-refractivity contribution is -0.123. The highest BCUT2D eigenvalue weighted by molar-refractivity contribution is 7.98. The molecule has 0 aromatic heterocycles. The molecular weight excluding hydrogens is 212 g/mol. The first-order valence-electron chi connectivity index (χ1n) is 5.18. The van der Waals surface area contributed by atoms with Gasteiger partial charge in [-0.1, -0.05) is 6.92 Å². The Balaban J connectivity index is 3.30. The van der Waals surface area contributed by atoms with E-state index in [0.29, 0.717) is 13.2 Å². The maximum atomic E-state index is 11.4. The third kappa shape index (κ3) is 8.72.